The summed E-state index contributed by atoms with van der Waals surface area (Å²) in [6.07, 6.45) is 11.9. The van der Waals surface area contributed by atoms with Gasteiger partial charge in [0.2, 0.25) is 11.8 Å². The number of ketones is 1. The van der Waals surface area contributed by atoms with E-state index in [0.29, 0.717) is 13.1 Å². The predicted molar refractivity (Wildman–Crippen MR) is 272 cm³/mol. The first-order valence-electron chi connectivity index (χ1n) is 25.5. The number of carbonyl (C=O) groups is 4. The van der Waals surface area contributed by atoms with Gasteiger partial charge in [-0.2, -0.15) is 0 Å². The van der Waals surface area contributed by atoms with Gasteiger partial charge in [-0.15, -0.1) is 0 Å². The molecule has 7 rings (SSSR count). The van der Waals surface area contributed by atoms with Crippen LogP contribution in [0, 0.1) is 50.2 Å². The Balaban J connectivity index is 0.917. The van der Waals surface area contributed by atoms with Gasteiger partial charge in [0.15, 0.2) is 11.6 Å². The second kappa shape index (κ2) is 20.1. The van der Waals surface area contributed by atoms with Crippen molar-refractivity contribution in [2.24, 2.45) is 50.2 Å². The predicted octanol–water partition coefficient (Wildman–Crippen LogP) is 12.3. The number of allylic oxidation sites excluding steroid dienone is 2. The fourth-order valence-corrected chi connectivity index (χ4v) is 16.7. The molecule has 0 spiro atoms. The van der Waals surface area contributed by atoms with Crippen LogP contribution in [0.2, 0.25) is 0 Å². The molecule has 2 amide bonds. The molecule has 11 nitrogen and oxygen atoms in total. The Morgan fingerprint density at radius 1 is 0.838 bits per heavy atom. The third-order valence-electron chi connectivity index (χ3n) is 18.3. The van der Waals surface area contributed by atoms with Crippen molar-refractivity contribution in [1.82, 2.24) is 10.6 Å². The minimum absolute atomic E-state index is 0.0411. The number of anilines is 1. The summed E-state index contributed by atoms with van der Waals surface area (Å²) in [6, 6.07) is 15.1. The van der Waals surface area contributed by atoms with Crippen molar-refractivity contribution >= 4 is 52.8 Å². The van der Waals surface area contributed by atoms with Gasteiger partial charge in [-0.05, 0) is 159 Å². The number of hydrogen-bond acceptors (Lipinski definition) is 9. The molecule has 0 aromatic heterocycles. The molecule has 5 aliphatic rings. The summed E-state index contributed by atoms with van der Waals surface area (Å²) in [5.74, 6) is -0.362. The second-order valence-electron chi connectivity index (χ2n) is 22.9. The summed E-state index contributed by atoms with van der Waals surface area (Å²) >= 11 is 3.52. The molecule has 4 saturated carbocycles. The van der Waals surface area contributed by atoms with Crippen LogP contribution < -0.4 is 16.0 Å². The Morgan fingerprint density at radius 2 is 1.50 bits per heavy atom. The molecule has 0 heterocycles. The van der Waals surface area contributed by atoms with Gasteiger partial charge in [-0.25, -0.2) is 0 Å². The molecule has 5 aliphatic carbocycles. The van der Waals surface area contributed by atoms with Crippen molar-refractivity contribution in [3.05, 3.63) is 75.8 Å². The summed E-state index contributed by atoms with van der Waals surface area (Å²) in [5, 5.41) is 9.68. The molecule has 2 aromatic carbocycles. The number of benzene rings is 2. The van der Waals surface area contributed by atoms with Crippen molar-refractivity contribution in [3.63, 3.8) is 0 Å². The van der Waals surface area contributed by atoms with Gasteiger partial charge in [-0.3, -0.25) is 23.7 Å². The van der Waals surface area contributed by atoms with Crippen molar-refractivity contribution in [2.75, 3.05) is 31.6 Å². The first-order valence-corrected chi connectivity index (χ1v) is 27.9. The normalized spacial score (nSPS) is 33.3. The lowest BCUT2D eigenvalue weighted by Crippen LogP contribution is -2.66. The number of esters is 1. The summed E-state index contributed by atoms with van der Waals surface area (Å²) in [7, 11) is -3.58. The van der Waals surface area contributed by atoms with E-state index >= 15 is 0 Å². The molecule has 4 fully saturated rings. The Kier molecular flexibility index (Phi) is 15.5. The first-order chi connectivity index (χ1) is 32.0. The second-order valence-corrected chi connectivity index (χ2v) is 25.9. The molecule has 2 aromatic rings. The summed E-state index contributed by atoms with van der Waals surface area (Å²) in [5.41, 5.74) is 2.35. The minimum atomic E-state index is -3.58. The zero-order chi connectivity index (χ0) is 49.5. The molecule has 0 aliphatic heterocycles. The lowest BCUT2D eigenvalue weighted by atomic mass is 9.33. The highest BCUT2D eigenvalue weighted by Gasteiger charge is 2.70. The maximum absolute atomic E-state index is 14.9. The summed E-state index contributed by atoms with van der Waals surface area (Å²) in [4.78, 5) is 54.1. The van der Waals surface area contributed by atoms with Gasteiger partial charge in [0, 0.05) is 46.9 Å². The average molecular weight is 1020 g/mol. The van der Waals surface area contributed by atoms with Gasteiger partial charge in [0.25, 0.3) is 0 Å². The van der Waals surface area contributed by atoms with Crippen LogP contribution in [0.25, 0.3) is 0 Å². The van der Waals surface area contributed by atoms with Crippen LogP contribution in [0.15, 0.2) is 64.7 Å². The van der Waals surface area contributed by atoms with E-state index in [1.165, 1.54) is 12.5 Å². The van der Waals surface area contributed by atoms with E-state index in [4.69, 9.17) is 13.8 Å². The standard InChI is InChI=1S/C55H79BrN3O8P/c1-11-65-68(64,66-12-2)48(38-16-15-17-39(56)33-38)59-40-20-18-37(19-21-40)32-46(62)57-30-13-14-31-58-49(63)52(7)27-26-51(6)28-29-54(9)41(42(51)35-52)34-43(61)47-53(8)24-23-45(67-36(3)60)50(4,5)44(53)22-25-55(47,54)10/h15-21,33-34,42,44-45,47-48,59H,11-14,22-32,35H2,1-10H3,(H,57,62)(H,58,63)/t42-,44-,45-,47+,48?,51+,52-,53-,54+,55+/m0/s1. The number of unbranched alkanes of at least 4 members (excludes halogenated alkanes) is 1. The van der Waals surface area contributed by atoms with Gasteiger partial charge in [-0.1, -0.05) is 94.2 Å². The quantitative estimate of drug-likeness (QED) is 0.0800. The lowest BCUT2D eigenvalue weighted by Gasteiger charge is -2.70. The van der Waals surface area contributed by atoms with Crippen LogP contribution >= 0.6 is 23.5 Å². The number of nitrogens with one attached hydrogen (secondary N) is 3. The maximum Gasteiger partial charge on any atom is 0.357 e. The molecule has 0 bridgehead atoms. The third kappa shape index (κ3) is 9.84. The summed E-state index contributed by atoms with van der Waals surface area (Å²) in [6.45, 7) is 22.9. The zero-order valence-electron chi connectivity index (χ0n) is 42.5. The largest absolute Gasteiger partial charge is 0.462 e. The van der Waals surface area contributed by atoms with E-state index in [-0.39, 0.29) is 94.1 Å². The number of fused-ring (bicyclic) bond motifs is 7. The number of carbonyl (C=O) groups excluding carboxylic acids is 4. The molecule has 3 N–H and O–H groups in total. The monoisotopic (exact) mass is 1020 g/mol. The molecule has 10 atom stereocenters. The Hall–Kier alpha value is -3.31. The number of halogens is 1. The van der Waals surface area contributed by atoms with E-state index in [1.807, 2.05) is 48.5 Å². The van der Waals surface area contributed by atoms with Gasteiger partial charge < -0.3 is 29.7 Å². The molecule has 0 saturated heterocycles. The Labute approximate surface area is 414 Å². The lowest BCUT2D eigenvalue weighted by molar-refractivity contribution is -0.210. The van der Waals surface area contributed by atoms with Crippen LogP contribution in [-0.2, 0) is 43.9 Å². The van der Waals surface area contributed by atoms with Crippen molar-refractivity contribution in [2.45, 2.75) is 158 Å². The highest BCUT2D eigenvalue weighted by molar-refractivity contribution is 9.10. The molecular formula is C55H79BrN3O8P. The molecule has 374 valence electrons. The zero-order valence-corrected chi connectivity index (χ0v) is 45.0. The topological polar surface area (TPSA) is 149 Å². The molecular weight excluding hydrogens is 941 g/mol. The van der Waals surface area contributed by atoms with Crippen molar-refractivity contribution in [3.8, 4) is 0 Å². The van der Waals surface area contributed by atoms with Crippen molar-refractivity contribution < 1.29 is 37.5 Å². The molecule has 0 radical (unpaired) electrons. The van der Waals surface area contributed by atoms with Crippen LogP contribution in [0.1, 0.15) is 157 Å². The van der Waals surface area contributed by atoms with E-state index in [9.17, 15) is 23.7 Å². The van der Waals surface area contributed by atoms with Crippen LogP contribution in [-0.4, -0.2) is 56.0 Å². The fourth-order valence-electron chi connectivity index (χ4n) is 14.4. The SMILES string of the molecule is CCOP(=O)(OCC)C(Nc1ccc(CC(=O)NCCCCNC(=O)[C@@]2(C)CC[C@]3(C)CC[C@]4(C)C(=CC(=O)[C@@H]5[C@@]6(C)CC[C@H](OC(C)=O)C(C)(C)[C@@H]6CC[C@]54C)[C@@H]3C2)cc1)c1cccc(Br)c1. The highest BCUT2D eigenvalue weighted by atomic mass is 79.9. The van der Waals surface area contributed by atoms with Crippen LogP contribution in [0.3, 0.4) is 0 Å². The van der Waals surface area contributed by atoms with Crippen molar-refractivity contribution in [1.29, 1.82) is 0 Å². The maximum atomic E-state index is 14.9. The summed E-state index contributed by atoms with van der Waals surface area (Å²) < 4.78 is 32.2. The Morgan fingerprint density at radius 3 is 2.15 bits per heavy atom. The molecule has 1 unspecified atom stereocenters. The fraction of sp³-hybridized carbons (Fsp3) is 0.673. The minimum Gasteiger partial charge on any atom is -0.462 e. The highest BCUT2D eigenvalue weighted by Crippen LogP contribution is 2.75. The van der Waals surface area contributed by atoms with E-state index in [2.05, 4.69) is 86.4 Å². The Bertz CT molecular complexity index is 2290. The third-order valence-corrected chi connectivity index (χ3v) is 21.1. The average Bonchev–Trinajstić information content (AvgIpc) is 3.26. The van der Waals surface area contributed by atoms with Crippen LogP contribution in [0.5, 0.6) is 0 Å². The number of ether oxygens (including phenoxy) is 1. The first kappa shape index (κ1) is 52.5. The van der Waals surface area contributed by atoms with E-state index in [0.717, 1.165) is 91.9 Å². The van der Waals surface area contributed by atoms with Gasteiger partial charge in [0.05, 0.1) is 19.6 Å². The number of amides is 2. The van der Waals surface area contributed by atoms with Crippen LogP contribution in [0.4, 0.5) is 5.69 Å². The van der Waals surface area contributed by atoms with E-state index < -0.39 is 18.8 Å². The van der Waals surface area contributed by atoms with E-state index in [1.54, 1.807) is 13.8 Å². The smallest absolute Gasteiger partial charge is 0.357 e. The van der Waals surface area contributed by atoms with Gasteiger partial charge in [0.1, 0.15) is 6.10 Å². The number of rotatable bonds is 17. The number of hydrogen-bond donors (Lipinski definition) is 3. The molecule has 68 heavy (non-hydrogen) atoms. The van der Waals surface area contributed by atoms with Gasteiger partial charge >= 0.3 is 13.6 Å². The molecule has 13 heteroatoms.